The average Bonchev–Trinajstić information content (AvgIpc) is 3.33. The zero-order valence-corrected chi connectivity index (χ0v) is 15.9. The van der Waals surface area contributed by atoms with Gasteiger partial charge in [-0.15, -0.1) is 12.4 Å². The molecule has 10 heteroatoms. The fraction of sp³-hybridized carbons (Fsp3) is 0.111. The number of benzene rings is 1. The lowest BCUT2D eigenvalue weighted by atomic mass is 10.2. The molecule has 0 aliphatic carbocycles. The van der Waals surface area contributed by atoms with Crippen LogP contribution in [0.5, 0.6) is 5.75 Å². The van der Waals surface area contributed by atoms with Gasteiger partial charge in [-0.3, -0.25) is 4.98 Å². The standard InChI is InChI=1S/C18H16N6O3.ClH/c1-11-3-4-13(26-2)8-14(11)23-17-20-9-15(27-17)12-5-6-19-16(7-12)24-18(25)21-10-22-24;/h3-10H,1-2H3,(H,20,23)(H,21,22,25);1H. The minimum absolute atomic E-state index is 0. The van der Waals surface area contributed by atoms with Crippen molar-refractivity contribution >= 4 is 24.1 Å². The predicted molar refractivity (Wildman–Crippen MR) is 106 cm³/mol. The number of pyridine rings is 1. The van der Waals surface area contributed by atoms with Crippen LogP contribution in [0.25, 0.3) is 17.1 Å². The molecule has 0 amide bonds. The number of oxazole rings is 1. The largest absolute Gasteiger partial charge is 0.497 e. The first-order chi connectivity index (χ1) is 13.1. The molecular formula is C18H17ClN6O3. The average molecular weight is 401 g/mol. The van der Waals surface area contributed by atoms with Crippen molar-refractivity contribution < 1.29 is 9.15 Å². The Bertz CT molecular complexity index is 1150. The fourth-order valence-electron chi connectivity index (χ4n) is 2.55. The number of hydrogen-bond acceptors (Lipinski definition) is 7. The second-order valence-electron chi connectivity index (χ2n) is 5.74. The van der Waals surface area contributed by atoms with Gasteiger partial charge in [0.15, 0.2) is 11.6 Å². The molecule has 3 heterocycles. The van der Waals surface area contributed by atoms with Crippen molar-refractivity contribution in [3.63, 3.8) is 0 Å². The Morgan fingerprint density at radius 3 is 2.82 bits per heavy atom. The van der Waals surface area contributed by atoms with Gasteiger partial charge >= 0.3 is 5.69 Å². The Hall–Kier alpha value is -3.59. The molecule has 0 saturated carbocycles. The summed E-state index contributed by atoms with van der Waals surface area (Å²) in [5.74, 6) is 1.65. The lowest BCUT2D eigenvalue weighted by molar-refractivity contribution is 0.415. The van der Waals surface area contributed by atoms with Crippen LogP contribution in [0.1, 0.15) is 5.56 Å². The number of nitrogens with zero attached hydrogens (tertiary/aromatic N) is 4. The van der Waals surface area contributed by atoms with Gasteiger partial charge in [0.1, 0.15) is 12.1 Å². The Morgan fingerprint density at radius 1 is 1.21 bits per heavy atom. The first-order valence-electron chi connectivity index (χ1n) is 8.11. The Labute approximate surface area is 165 Å². The number of ether oxygens (including phenoxy) is 1. The summed E-state index contributed by atoms with van der Waals surface area (Å²) in [6.07, 6.45) is 4.49. The topological polar surface area (TPSA) is 111 Å². The second-order valence-corrected chi connectivity index (χ2v) is 5.74. The first kappa shape index (κ1) is 19.2. The molecule has 0 saturated heterocycles. The molecule has 1 aromatic carbocycles. The number of anilines is 2. The summed E-state index contributed by atoms with van der Waals surface area (Å²) in [4.78, 5) is 22.6. The Balaban J connectivity index is 0.00000225. The summed E-state index contributed by atoms with van der Waals surface area (Å²) in [6, 6.07) is 9.51. The van der Waals surface area contributed by atoms with Crippen molar-refractivity contribution in [3.05, 3.63) is 65.1 Å². The fourth-order valence-corrected chi connectivity index (χ4v) is 2.55. The van der Waals surface area contributed by atoms with E-state index in [9.17, 15) is 4.79 Å². The Kier molecular flexibility index (Phi) is 5.46. The van der Waals surface area contributed by atoms with Crippen LogP contribution in [-0.4, -0.2) is 31.8 Å². The minimum atomic E-state index is -0.368. The lowest BCUT2D eigenvalue weighted by Gasteiger charge is -2.08. The Morgan fingerprint density at radius 2 is 2.07 bits per heavy atom. The maximum Gasteiger partial charge on any atom is 0.349 e. The third-order valence-electron chi connectivity index (χ3n) is 3.99. The van der Waals surface area contributed by atoms with Gasteiger partial charge in [0.05, 0.1) is 13.3 Å². The maximum atomic E-state index is 11.7. The van der Waals surface area contributed by atoms with E-state index in [2.05, 4.69) is 25.4 Å². The molecule has 2 N–H and O–H groups in total. The van der Waals surface area contributed by atoms with Gasteiger partial charge in [0.25, 0.3) is 6.01 Å². The van der Waals surface area contributed by atoms with Crippen LogP contribution in [0.4, 0.5) is 11.7 Å². The summed E-state index contributed by atoms with van der Waals surface area (Å²) >= 11 is 0. The van der Waals surface area contributed by atoms with E-state index in [0.29, 0.717) is 17.6 Å². The van der Waals surface area contributed by atoms with Crippen molar-refractivity contribution in [2.45, 2.75) is 6.92 Å². The normalized spacial score (nSPS) is 10.4. The summed E-state index contributed by atoms with van der Waals surface area (Å²) in [5, 5.41) is 7.07. The third-order valence-corrected chi connectivity index (χ3v) is 3.99. The number of aromatic nitrogens is 5. The molecule has 0 unspecified atom stereocenters. The van der Waals surface area contributed by atoms with E-state index in [0.717, 1.165) is 22.6 Å². The first-order valence-corrected chi connectivity index (χ1v) is 8.11. The highest BCUT2D eigenvalue weighted by atomic mass is 35.5. The molecule has 144 valence electrons. The van der Waals surface area contributed by atoms with E-state index in [-0.39, 0.29) is 18.1 Å². The van der Waals surface area contributed by atoms with Gasteiger partial charge in [-0.1, -0.05) is 6.07 Å². The lowest BCUT2D eigenvalue weighted by Crippen LogP contribution is -2.17. The van der Waals surface area contributed by atoms with E-state index in [1.165, 1.54) is 11.0 Å². The molecule has 4 rings (SSSR count). The molecule has 0 radical (unpaired) electrons. The molecule has 0 bridgehead atoms. The van der Waals surface area contributed by atoms with Gasteiger partial charge < -0.3 is 14.5 Å². The van der Waals surface area contributed by atoms with E-state index in [1.807, 2.05) is 25.1 Å². The molecular weight excluding hydrogens is 384 g/mol. The quantitative estimate of drug-likeness (QED) is 0.529. The zero-order valence-electron chi connectivity index (χ0n) is 15.0. The van der Waals surface area contributed by atoms with Crippen LogP contribution in [-0.2, 0) is 0 Å². The van der Waals surface area contributed by atoms with Crippen molar-refractivity contribution in [2.75, 3.05) is 12.4 Å². The van der Waals surface area contributed by atoms with Crippen LogP contribution in [0, 0.1) is 6.92 Å². The number of nitrogens with one attached hydrogen (secondary N) is 2. The predicted octanol–water partition coefficient (Wildman–Crippen LogP) is 3.09. The summed E-state index contributed by atoms with van der Waals surface area (Å²) < 4.78 is 12.2. The zero-order chi connectivity index (χ0) is 18.8. The summed E-state index contributed by atoms with van der Waals surface area (Å²) in [7, 11) is 1.61. The van der Waals surface area contributed by atoms with Crippen molar-refractivity contribution in [3.8, 4) is 22.9 Å². The number of H-pyrrole nitrogens is 1. The molecule has 0 atom stereocenters. The molecule has 4 aromatic rings. The van der Waals surface area contributed by atoms with Crippen LogP contribution in [0.3, 0.4) is 0 Å². The van der Waals surface area contributed by atoms with E-state index < -0.39 is 0 Å². The van der Waals surface area contributed by atoms with Crippen LogP contribution in [0.2, 0.25) is 0 Å². The monoisotopic (exact) mass is 400 g/mol. The number of rotatable bonds is 5. The highest BCUT2D eigenvalue weighted by Gasteiger charge is 2.11. The van der Waals surface area contributed by atoms with Crippen LogP contribution >= 0.6 is 12.4 Å². The van der Waals surface area contributed by atoms with Crippen LogP contribution in [0.15, 0.2) is 58.3 Å². The van der Waals surface area contributed by atoms with Gasteiger partial charge in [0, 0.05) is 23.5 Å². The van der Waals surface area contributed by atoms with E-state index >= 15 is 0 Å². The van der Waals surface area contributed by atoms with E-state index in [1.54, 1.807) is 31.6 Å². The van der Waals surface area contributed by atoms with Crippen LogP contribution < -0.4 is 15.7 Å². The summed E-state index contributed by atoms with van der Waals surface area (Å²) in [6.45, 7) is 1.97. The second kappa shape index (κ2) is 7.97. The SMILES string of the molecule is COc1ccc(C)c(Nc2ncc(-c3ccnc(-n4nc[nH]c4=O)c3)o2)c1.Cl. The maximum absolute atomic E-state index is 11.7. The molecule has 3 aromatic heterocycles. The van der Waals surface area contributed by atoms with Crippen molar-refractivity contribution in [2.24, 2.45) is 0 Å². The molecule has 0 aliphatic heterocycles. The smallest absolute Gasteiger partial charge is 0.349 e. The van der Waals surface area contributed by atoms with Crippen molar-refractivity contribution in [1.29, 1.82) is 0 Å². The minimum Gasteiger partial charge on any atom is -0.497 e. The van der Waals surface area contributed by atoms with Gasteiger partial charge in [0.2, 0.25) is 0 Å². The number of halogens is 1. The van der Waals surface area contributed by atoms with E-state index in [4.69, 9.17) is 9.15 Å². The number of aryl methyl sites for hydroxylation is 1. The molecule has 0 aliphatic rings. The highest BCUT2D eigenvalue weighted by Crippen LogP contribution is 2.28. The molecule has 0 spiro atoms. The molecule has 9 nitrogen and oxygen atoms in total. The third kappa shape index (κ3) is 3.74. The van der Waals surface area contributed by atoms with Crippen molar-refractivity contribution in [1.82, 2.24) is 24.7 Å². The summed E-state index contributed by atoms with van der Waals surface area (Å²) in [5.41, 5.74) is 2.21. The number of hydrogen-bond donors (Lipinski definition) is 2. The van der Waals surface area contributed by atoms with Gasteiger partial charge in [-0.05, 0) is 30.7 Å². The molecule has 28 heavy (non-hydrogen) atoms. The molecule has 0 fully saturated rings. The van der Waals surface area contributed by atoms with Gasteiger partial charge in [-0.25, -0.2) is 14.8 Å². The number of aromatic amines is 1. The highest BCUT2D eigenvalue weighted by molar-refractivity contribution is 5.85. The van der Waals surface area contributed by atoms with Gasteiger partial charge in [-0.2, -0.15) is 9.78 Å². The number of methoxy groups -OCH3 is 1.